The Bertz CT molecular complexity index is 640. The molecule has 2 heterocycles. The van der Waals surface area contributed by atoms with Gasteiger partial charge in [0.25, 0.3) is 0 Å². The molecule has 2 aromatic rings. The Hall–Kier alpha value is -1.84. The van der Waals surface area contributed by atoms with E-state index in [1.165, 1.54) is 11.1 Å². The van der Waals surface area contributed by atoms with Gasteiger partial charge < -0.3 is 9.47 Å². The molecule has 2 aliphatic heterocycles. The third-order valence-corrected chi connectivity index (χ3v) is 4.87. The number of likely N-dealkylation sites (tertiary alicyclic amines) is 1. The number of nitrogens with zero attached hydrogens (tertiary/aromatic N) is 1. The molecule has 114 valence electrons. The van der Waals surface area contributed by atoms with E-state index in [2.05, 4.69) is 47.4 Å². The van der Waals surface area contributed by atoms with E-state index in [1.54, 1.807) is 7.11 Å². The molecule has 2 atom stereocenters. The summed E-state index contributed by atoms with van der Waals surface area (Å²) in [6.45, 7) is 3.11. The highest BCUT2D eigenvalue weighted by molar-refractivity contribution is 5.35. The fourth-order valence-electron chi connectivity index (χ4n) is 3.53. The van der Waals surface area contributed by atoms with Crippen LogP contribution in [-0.2, 0) is 16.9 Å². The van der Waals surface area contributed by atoms with Crippen molar-refractivity contribution in [2.24, 2.45) is 0 Å². The van der Waals surface area contributed by atoms with E-state index < -0.39 is 0 Å². The number of hydrogen-bond donors (Lipinski definition) is 0. The first-order valence-corrected chi connectivity index (χ1v) is 7.89. The van der Waals surface area contributed by atoms with Crippen LogP contribution >= 0.6 is 0 Å². The summed E-state index contributed by atoms with van der Waals surface area (Å²) in [5, 5.41) is 0. The summed E-state index contributed by atoms with van der Waals surface area (Å²) in [4.78, 5) is 2.49. The predicted molar refractivity (Wildman–Crippen MR) is 85.9 cm³/mol. The zero-order valence-corrected chi connectivity index (χ0v) is 12.9. The zero-order chi connectivity index (χ0) is 15.0. The molecule has 3 heteroatoms. The molecule has 3 nitrogen and oxygen atoms in total. The van der Waals surface area contributed by atoms with Crippen molar-refractivity contribution < 1.29 is 9.47 Å². The molecule has 0 aliphatic carbocycles. The van der Waals surface area contributed by atoms with Crippen LogP contribution in [0.25, 0.3) is 0 Å². The van der Waals surface area contributed by atoms with Crippen LogP contribution in [0.15, 0.2) is 54.6 Å². The lowest BCUT2D eigenvalue weighted by Crippen LogP contribution is -2.37. The van der Waals surface area contributed by atoms with Crippen molar-refractivity contribution in [2.45, 2.75) is 24.7 Å². The van der Waals surface area contributed by atoms with E-state index in [4.69, 9.17) is 9.47 Å². The van der Waals surface area contributed by atoms with Crippen LogP contribution in [0.2, 0.25) is 0 Å². The van der Waals surface area contributed by atoms with Crippen LogP contribution in [0.1, 0.15) is 17.5 Å². The molecule has 22 heavy (non-hydrogen) atoms. The first-order chi connectivity index (χ1) is 10.8. The lowest BCUT2D eigenvalue weighted by atomic mass is 9.89. The van der Waals surface area contributed by atoms with E-state index in [1.807, 2.05) is 12.1 Å². The number of piperidine rings is 1. The van der Waals surface area contributed by atoms with Gasteiger partial charge in [-0.1, -0.05) is 42.5 Å². The standard InChI is InChI=1S/C19H21NO2/c1-21-17-9-7-16(8-10-17)19-11-12-20(14-18(19)22-19)13-15-5-3-2-4-6-15/h2-10,18H,11-14H2,1H3. The number of fused-ring (bicyclic) bond motifs is 1. The second-order valence-electron chi connectivity index (χ2n) is 6.20. The molecule has 0 bridgehead atoms. The summed E-state index contributed by atoms with van der Waals surface area (Å²) in [5.41, 5.74) is 2.62. The summed E-state index contributed by atoms with van der Waals surface area (Å²) in [5.74, 6) is 0.902. The van der Waals surface area contributed by atoms with Crippen molar-refractivity contribution in [3.63, 3.8) is 0 Å². The maximum atomic E-state index is 6.11. The van der Waals surface area contributed by atoms with Crippen LogP contribution in [-0.4, -0.2) is 31.2 Å². The van der Waals surface area contributed by atoms with E-state index in [9.17, 15) is 0 Å². The summed E-state index contributed by atoms with van der Waals surface area (Å²) in [6, 6.07) is 19.0. The molecular weight excluding hydrogens is 274 g/mol. The molecule has 2 unspecified atom stereocenters. The average molecular weight is 295 g/mol. The molecule has 0 saturated carbocycles. The predicted octanol–water partition coefficient (Wildman–Crippen LogP) is 3.20. The molecule has 0 N–H and O–H groups in total. The Morgan fingerprint density at radius 2 is 1.91 bits per heavy atom. The second-order valence-corrected chi connectivity index (χ2v) is 6.20. The van der Waals surface area contributed by atoms with E-state index in [0.29, 0.717) is 6.10 Å². The van der Waals surface area contributed by atoms with Gasteiger partial charge in [-0.2, -0.15) is 0 Å². The fourth-order valence-corrected chi connectivity index (χ4v) is 3.53. The minimum absolute atomic E-state index is 0.0422. The largest absolute Gasteiger partial charge is 0.497 e. The molecule has 2 fully saturated rings. The fraction of sp³-hybridized carbons (Fsp3) is 0.368. The van der Waals surface area contributed by atoms with Crippen molar-refractivity contribution in [2.75, 3.05) is 20.2 Å². The molecular formula is C19H21NO2. The van der Waals surface area contributed by atoms with Crippen molar-refractivity contribution in [3.8, 4) is 5.75 Å². The summed E-state index contributed by atoms with van der Waals surface area (Å²) >= 11 is 0. The Morgan fingerprint density at radius 1 is 1.14 bits per heavy atom. The van der Waals surface area contributed by atoms with Crippen molar-refractivity contribution in [3.05, 3.63) is 65.7 Å². The van der Waals surface area contributed by atoms with Crippen molar-refractivity contribution >= 4 is 0 Å². The van der Waals surface area contributed by atoms with Gasteiger partial charge in [-0.25, -0.2) is 0 Å². The maximum Gasteiger partial charge on any atom is 0.122 e. The topological polar surface area (TPSA) is 25.0 Å². The van der Waals surface area contributed by atoms with Gasteiger partial charge in [0.2, 0.25) is 0 Å². The maximum absolute atomic E-state index is 6.11. The molecule has 0 radical (unpaired) electrons. The first-order valence-electron chi connectivity index (χ1n) is 7.89. The van der Waals surface area contributed by atoms with Gasteiger partial charge in [-0.05, 0) is 29.7 Å². The van der Waals surface area contributed by atoms with E-state index in [-0.39, 0.29) is 5.60 Å². The highest BCUT2D eigenvalue weighted by atomic mass is 16.6. The second kappa shape index (κ2) is 5.41. The van der Waals surface area contributed by atoms with Gasteiger partial charge in [0.1, 0.15) is 17.5 Å². The van der Waals surface area contributed by atoms with Crippen LogP contribution < -0.4 is 4.74 Å². The van der Waals surface area contributed by atoms with Gasteiger partial charge in [0.15, 0.2) is 0 Å². The number of rotatable bonds is 4. The third-order valence-electron chi connectivity index (χ3n) is 4.87. The molecule has 0 amide bonds. The number of hydrogen-bond acceptors (Lipinski definition) is 3. The summed E-state index contributed by atoms with van der Waals surface area (Å²) < 4.78 is 11.3. The molecule has 2 aromatic carbocycles. The van der Waals surface area contributed by atoms with Gasteiger partial charge in [0.05, 0.1) is 7.11 Å². The van der Waals surface area contributed by atoms with Gasteiger partial charge >= 0.3 is 0 Å². The number of ether oxygens (including phenoxy) is 2. The highest BCUT2D eigenvalue weighted by Crippen LogP contribution is 2.52. The monoisotopic (exact) mass is 295 g/mol. The van der Waals surface area contributed by atoms with Crippen molar-refractivity contribution in [1.29, 1.82) is 0 Å². The molecule has 0 spiro atoms. The van der Waals surface area contributed by atoms with Gasteiger partial charge in [-0.3, -0.25) is 4.90 Å². The number of benzene rings is 2. The molecule has 2 saturated heterocycles. The van der Waals surface area contributed by atoms with Gasteiger partial charge in [0, 0.05) is 19.6 Å². The summed E-state index contributed by atoms with van der Waals surface area (Å²) in [7, 11) is 1.70. The van der Waals surface area contributed by atoms with Gasteiger partial charge in [-0.15, -0.1) is 0 Å². The minimum atomic E-state index is -0.0422. The Balaban J connectivity index is 1.42. The summed E-state index contributed by atoms with van der Waals surface area (Å²) in [6.07, 6.45) is 1.40. The first kappa shape index (κ1) is 13.8. The molecule has 2 aliphatic rings. The lowest BCUT2D eigenvalue weighted by Gasteiger charge is -2.28. The Morgan fingerprint density at radius 3 is 2.59 bits per heavy atom. The van der Waals surface area contributed by atoms with Crippen LogP contribution in [0.3, 0.4) is 0 Å². The number of epoxide rings is 1. The van der Waals surface area contributed by atoms with E-state index >= 15 is 0 Å². The molecule has 4 rings (SSSR count). The van der Waals surface area contributed by atoms with E-state index in [0.717, 1.165) is 31.8 Å². The SMILES string of the molecule is COc1ccc(C23CCN(Cc4ccccc4)CC2O3)cc1. The molecule has 0 aromatic heterocycles. The van der Waals surface area contributed by atoms with Crippen LogP contribution in [0, 0.1) is 0 Å². The third kappa shape index (κ3) is 2.40. The Kier molecular flexibility index (Phi) is 3.40. The Labute approximate surface area is 131 Å². The number of methoxy groups -OCH3 is 1. The minimum Gasteiger partial charge on any atom is -0.497 e. The average Bonchev–Trinajstić information content (AvgIpc) is 3.31. The smallest absolute Gasteiger partial charge is 0.122 e. The zero-order valence-electron chi connectivity index (χ0n) is 12.9. The van der Waals surface area contributed by atoms with Crippen LogP contribution in [0.5, 0.6) is 5.75 Å². The van der Waals surface area contributed by atoms with Crippen molar-refractivity contribution in [1.82, 2.24) is 4.90 Å². The normalized spacial score (nSPS) is 27.2. The van der Waals surface area contributed by atoms with Crippen LogP contribution in [0.4, 0.5) is 0 Å². The highest BCUT2D eigenvalue weighted by Gasteiger charge is 2.59. The quantitative estimate of drug-likeness (QED) is 0.810. The lowest BCUT2D eigenvalue weighted by molar-refractivity contribution is 0.217.